The lowest BCUT2D eigenvalue weighted by Crippen LogP contribution is -2.44. The second-order valence-electron chi connectivity index (χ2n) is 9.11. The minimum Gasteiger partial charge on any atom is -0.493 e. The molecule has 186 valence electrons. The van der Waals surface area contributed by atoms with Crippen LogP contribution in [0.1, 0.15) is 31.2 Å². The molecule has 1 aliphatic rings. The molecule has 0 radical (unpaired) electrons. The molecule has 1 fully saturated rings. The highest BCUT2D eigenvalue weighted by atomic mass is 32.1. The van der Waals surface area contributed by atoms with Crippen LogP contribution in [0.3, 0.4) is 0 Å². The zero-order chi connectivity index (χ0) is 24.8. The lowest BCUT2D eigenvalue weighted by Gasteiger charge is -2.31. The van der Waals surface area contributed by atoms with Crippen LogP contribution in [0.25, 0.3) is 10.9 Å². The number of anilines is 2. The highest BCUT2D eigenvalue weighted by Crippen LogP contribution is 2.31. The normalized spacial score (nSPS) is 17.5. The standard InChI is InChI=1S/C27H35N5O2S/c1-32(2)23-16-25(31-22-10-6-5-9-21(22)23)29-19-12-14-20(15-13-19)30-27(35)28-17-18-8-7-11-24(33-3)26(18)34-4/h5-11,16,19-20H,12-15,17H2,1-4H3,(H,29,31)(H2,28,30,35). The lowest BCUT2D eigenvalue weighted by atomic mass is 9.91. The van der Waals surface area contributed by atoms with E-state index in [2.05, 4.69) is 59.2 Å². The SMILES string of the molecule is COc1cccc(CNC(=S)NC2CCC(Nc3cc(N(C)C)c4ccccc4n3)CC2)c1OC. The maximum Gasteiger partial charge on any atom is 0.166 e. The summed E-state index contributed by atoms with van der Waals surface area (Å²) in [7, 11) is 7.44. The van der Waals surface area contributed by atoms with Crippen molar-refractivity contribution in [3.63, 3.8) is 0 Å². The molecule has 0 atom stereocenters. The van der Waals surface area contributed by atoms with Gasteiger partial charge in [0.1, 0.15) is 5.82 Å². The average Bonchev–Trinajstić information content (AvgIpc) is 2.87. The van der Waals surface area contributed by atoms with E-state index in [0.717, 1.165) is 54.1 Å². The number of methoxy groups -OCH3 is 2. The van der Waals surface area contributed by atoms with Crippen LogP contribution in [0.15, 0.2) is 48.5 Å². The summed E-state index contributed by atoms with van der Waals surface area (Å²) in [5.74, 6) is 2.39. The van der Waals surface area contributed by atoms with Crippen LogP contribution in [0.4, 0.5) is 11.5 Å². The molecule has 2 aromatic carbocycles. The van der Waals surface area contributed by atoms with Gasteiger partial charge in [0.05, 0.1) is 19.7 Å². The van der Waals surface area contributed by atoms with Crippen LogP contribution < -0.4 is 30.3 Å². The Balaban J connectivity index is 1.28. The van der Waals surface area contributed by atoms with Crippen molar-refractivity contribution in [1.29, 1.82) is 0 Å². The zero-order valence-electron chi connectivity index (χ0n) is 20.9. The first-order valence-electron chi connectivity index (χ1n) is 12.1. The number of ether oxygens (including phenoxy) is 2. The van der Waals surface area contributed by atoms with Gasteiger partial charge in [-0.25, -0.2) is 4.98 Å². The molecule has 1 heterocycles. The predicted molar refractivity (Wildman–Crippen MR) is 148 cm³/mol. The molecular formula is C27H35N5O2S. The number of nitrogens with zero attached hydrogens (tertiary/aromatic N) is 2. The number of rotatable bonds is 8. The Bertz CT molecular complexity index is 1160. The molecule has 8 heteroatoms. The molecule has 3 N–H and O–H groups in total. The Labute approximate surface area is 213 Å². The summed E-state index contributed by atoms with van der Waals surface area (Å²) in [6.07, 6.45) is 4.23. The summed E-state index contributed by atoms with van der Waals surface area (Å²) in [4.78, 5) is 7.00. The van der Waals surface area contributed by atoms with Crippen molar-refractivity contribution in [3.05, 3.63) is 54.1 Å². The molecule has 0 saturated heterocycles. The van der Waals surface area contributed by atoms with Gasteiger partial charge in [-0.05, 0) is 50.0 Å². The summed E-state index contributed by atoms with van der Waals surface area (Å²) in [5.41, 5.74) is 3.20. The van der Waals surface area contributed by atoms with Crippen LogP contribution in [-0.4, -0.2) is 50.5 Å². The first kappa shape index (κ1) is 24.9. The first-order valence-corrected chi connectivity index (χ1v) is 12.5. The smallest absolute Gasteiger partial charge is 0.166 e. The number of thiocarbonyl (C=S) groups is 1. The number of para-hydroxylation sites is 2. The number of fused-ring (bicyclic) bond motifs is 1. The quantitative estimate of drug-likeness (QED) is 0.390. The number of aromatic nitrogens is 1. The molecule has 1 aromatic heterocycles. The van der Waals surface area contributed by atoms with E-state index in [9.17, 15) is 0 Å². The monoisotopic (exact) mass is 493 g/mol. The van der Waals surface area contributed by atoms with Gasteiger partial charge in [-0.3, -0.25) is 0 Å². The fourth-order valence-corrected chi connectivity index (χ4v) is 4.94. The van der Waals surface area contributed by atoms with E-state index >= 15 is 0 Å². The number of benzene rings is 2. The lowest BCUT2D eigenvalue weighted by molar-refractivity contribution is 0.351. The van der Waals surface area contributed by atoms with Gasteiger partial charge in [-0.2, -0.15) is 0 Å². The maximum atomic E-state index is 5.57. The summed E-state index contributed by atoms with van der Waals surface area (Å²) >= 11 is 5.57. The van der Waals surface area contributed by atoms with Crippen molar-refractivity contribution in [2.45, 2.75) is 44.3 Å². The van der Waals surface area contributed by atoms with Crippen molar-refractivity contribution in [3.8, 4) is 11.5 Å². The van der Waals surface area contributed by atoms with E-state index in [1.54, 1.807) is 14.2 Å². The fourth-order valence-electron chi connectivity index (χ4n) is 4.70. The Hall–Kier alpha value is -3.26. The third-order valence-electron chi connectivity index (χ3n) is 6.51. The van der Waals surface area contributed by atoms with E-state index < -0.39 is 0 Å². The van der Waals surface area contributed by atoms with Crippen molar-refractivity contribution in [2.24, 2.45) is 0 Å². The van der Waals surface area contributed by atoms with Crippen molar-refractivity contribution >= 4 is 39.7 Å². The van der Waals surface area contributed by atoms with Crippen molar-refractivity contribution < 1.29 is 9.47 Å². The topological polar surface area (TPSA) is 70.7 Å². The second kappa shape index (κ2) is 11.4. The van der Waals surface area contributed by atoms with E-state index in [-0.39, 0.29) is 0 Å². The van der Waals surface area contributed by atoms with Crippen LogP contribution in [0, 0.1) is 0 Å². The Morgan fingerprint density at radius 3 is 2.46 bits per heavy atom. The second-order valence-corrected chi connectivity index (χ2v) is 9.52. The molecular weight excluding hydrogens is 458 g/mol. The molecule has 0 unspecified atom stereocenters. The van der Waals surface area contributed by atoms with Crippen molar-refractivity contribution in [1.82, 2.24) is 15.6 Å². The van der Waals surface area contributed by atoms with Gasteiger partial charge in [0.25, 0.3) is 0 Å². The molecule has 3 aromatic rings. The zero-order valence-corrected chi connectivity index (χ0v) is 21.7. The number of pyridine rings is 1. The number of hydrogen-bond acceptors (Lipinski definition) is 6. The van der Waals surface area contributed by atoms with E-state index in [0.29, 0.717) is 23.7 Å². The van der Waals surface area contributed by atoms with Crippen LogP contribution in [-0.2, 0) is 6.54 Å². The molecule has 0 bridgehead atoms. The molecule has 0 spiro atoms. The van der Waals surface area contributed by atoms with Crippen LogP contribution >= 0.6 is 12.2 Å². The molecule has 35 heavy (non-hydrogen) atoms. The first-order chi connectivity index (χ1) is 17.0. The summed E-state index contributed by atoms with van der Waals surface area (Å²) in [5, 5.41) is 12.3. The number of nitrogens with one attached hydrogen (secondary N) is 3. The van der Waals surface area contributed by atoms with Gasteiger partial charge in [-0.15, -0.1) is 0 Å². The Morgan fingerprint density at radius 1 is 1.00 bits per heavy atom. The van der Waals surface area contributed by atoms with E-state index in [1.807, 2.05) is 24.3 Å². The van der Waals surface area contributed by atoms with Gasteiger partial charge in [-0.1, -0.05) is 30.3 Å². The van der Waals surface area contributed by atoms with Crippen LogP contribution in [0.2, 0.25) is 0 Å². The molecule has 0 amide bonds. The van der Waals surface area contributed by atoms with Gasteiger partial charge in [0, 0.05) is 55.4 Å². The Kier molecular flexibility index (Phi) is 8.13. The fraction of sp³-hybridized carbons (Fsp3) is 0.407. The van der Waals surface area contributed by atoms with Crippen molar-refractivity contribution in [2.75, 3.05) is 38.5 Å². The molecule has 7 nitrogen and oxygen atoms in total. The third kappa shape index (κ3) is 6.06. The van der Waals surface area contributed by atoms with Gasteiger partial charge in [0.2, 0.25) is 0 Å². The Morgan fingerprint density at radius 2 is 1.74 bits per heavy atom. The minimum atomic E-state index is 0.363. The summed E-state index contributed by atoms with van der Waals surface area (Å²) in [6, 6.07) is 17.1. The van der Waals surface area contributed by atoms with Crippen LogP contribution in [0.5, 0.6) is 11.5 Å². The predicted octanol–water partition coefficient (Wildman–Crippen LogP) is 4.71. The highest BCUT2D eigenvalue weighted by molar-refractivity contribution is 7.80. The molecule has 4 rings (SSSR count). The van der Waals surface area contributed by atoms with E-state index in [4.69, 9.17) is 26.7 Å². The third-order valence-corrected chi connectivity index (χ3v) is 6.78. The van der Waals surface area contributed by atoms with Gasteiger partial charge < -0.3 is 30.3 Å². The highest BCUT2D eigenvalue weighted by Gasteiger charge is 2.22. The van der Waals surface area contributed by atoms with Gasteiger partial charge in [0.15, 0.2) is 16.6 Å². The molecule has 1 aliphatic carbocycles. The minimum absolute atomic E-state index is 0.363. The molecule has 1 saturated carbocycles. The van der Waals surface area contributed by atoms with Gasteiger partial charge >= 0.3 is 0 Å². The number of hydrogen-bond donors (Lipinski definition) is 3. The molecule has 0 aliphatic heterocycles. The summed E-state index contributed by atoms with van der Waals surface area (Å²) < 4.78 is 10.9. The largest absolute Gasteiger partial charge is 0.493 e. The van der Waals surface area contributed by atoms with E-state index in [1.165, 1.54) is 11.1 Å². The average molecular weight is 494 g/mol. The maximum absolute atomic E-state index is 5.57. The summed E-state index contributed by atoms with van der Waals surface area (Å²) in [6.45, 7) is 0.574.